The molecule has 2 aliphatic heterocycles. The van der Waals surface area contributed by atoms with Crippen molar-refractivity contribution in [3.05, 3.63) is 40.3 Å². The molecule has 0 radical (unpaired) electrons. The molecule has 2 aromatic heterocycles. The molecule has 2 fully saturated rings. The van der Waals surface area contributed by atoms with Crippen molar-refractivity contribution in [1.82, 2.24) is 14.9 Å². The standard InChI is InChI=1S/C20H21N3O3S/c1-25-20(24)12-4-5-16-14(7-12)15(8-21-16)17-11-27-19(22-17)18-9-23-6-2-3-13(23)10-26-18/h4-5,7-8,11,13,18,21H,2-3,6,9-10H2,1H3. The van der Waals surface area contributed by atoms with E-state index < -0.39 is 0 Å². The predicted octanol–water partition coefficient (Wildman–Crippen LogP) is 3.61. The first-order valence-electron chi connectivity index (χ1n) is 9.24. The van der Waals surface area contributed by atoms with Gasteiger partial charge in [0.25, 0.3) is 0 Å². The highest BCUT2D eigenvalue weighted by atomic mass is 32.1. The molecule has 0 spiro atoms. The van der Waals surface area contributed by atoms with Crippen molar-refractivity contribution in [2.45, 2.75) is 25.0 Å². The lowest BCUT2D eigenvalue weighted by Crippen LogP contribution is -2.42. The number of esters is 1. The summed E-state index contributed by atoms with van der Waals surface area (Å²) in [6, 6.07) is 6.11. The van der Waals surface area contributed by atoms with Gasteiger partial charge in [-0.1, -0.05) is 0 Å². The van der Waals surface area contributed by atoms with E-state index in [1.165, 1.54) is 26.5 Å². The summed E-state index contributed by atoms with van der Waals surface area (Å²) in [4.78, 5) is 22.5. The van der Waals surface area contributed by atoms with Crippen LogP contribution in [-0.4, -0.2) is 53.7 Å². The topological polar surface area (TPSA) is 67.5 Å². The minimum atomic E-state index is -0.334. The molecule has 0 saturated carbocycles. The molecule has 6 nitrogen and oxygen atoms in total. The second-order valence-corrected chi connectivity index (χ2v) is 8.03. The fourth-order valence-electron chi connectivity index (χ4n) is 4.10. The molecule has 1 N–H and O–H groups in total. The Hall–Kier alpha value is -2.22. The third-order valence-electron chi connectivity index (χ3n) is 5.57. The van der Waals surface area contributed by atoms with Crippen LogP contribution >= 0.6 is 11.3 Å². The zero-order valence-electron chi connectivity index (χ0n) is 15.1. The zero-order valence-corrected chi connectivity index (χ0v) is 15.9. The first-order valence-corrected chi connectivity index (χ1v) is 10.1. The summed E-state index contributed by atoms with van der Waals surface area (Å²) in [6.45, 7) is 2.90. The van der Waals surface area contributed by atoms with Crippen LogP contribution in [0.25, 0.3) is 22.2 Å². The molecule has 2 aliphatic rings. The number of methoxy groups -OCH3 is 1. The fourth-order valence-corrected chi connectivity index (χ4v) is 4.96. The number of benzene rings is 1. The third-order valence-corrected chi connectivity index (χ3v) is 6.50. The van der Waals surface area contributed by atoms with Crippen molar-refractivity contribution in [1.29, 1.82) is 0 Å². The monoisotopic (exact) mass is 383 g/mol. The summed E-state index contributed by atoms with van der Waals surface area (Å²) in [5.74, 6) is -0.334. The quantitative estimate of drug-likeness (QED) is 0.700. The van der Waals surface area contributed by atoms with Gasteiger partial charge in [0.2, 0.25) is 0 Å². The van der Waals surface area contributed by atoms with Gasteiger partial charge in [-0.25, -0.2) is 9.78 Å². The number of carbonyl (C=O) groups excluding carboxylic acids is 1. The van der Waals surface area contributed by atoms with Crippen molar-refractivity contribution in [2.24, 2.45) is 0 Å². The van der Waals surface area contributed by atoms with E-state index in [1.807, 2.05) is 18.3 Å². The van der Waals surface area contributed by atoms with Crippen LogP contribution in [0.15, 0.2) is 29.8 Å². The molecule has 2 saturated heterocycles. The molecular formula is C20H21N3O3S. The number of hydrogen-bond donors (Lipinski definition) is 1. The van der Waals surface area contributed by atoms with Gasteiger partial charge >= 0.3 is 5.97 Å². The van der Waals surface area contributed by atoms with Crippen LogP contribution < -0.4 is 0 Å². The van der Waals surface area contributed by atoms with Gasteiger partial charge in [0, 0.05) is 40.6 Å². The van der Waals surface area contributed by atoms with Gasteiger partial charge in [0.1, 0.15) is 11.1 Å². The molecule has 2 unspecified atom stereocenters. The van der Waals surface area contributed by atoms with Crippen LogP contribution in [-0.2, 0) is 9.47 Å². The number of thiazole rings is 1. The molecule has 7 heteroatoms. The van der Waals surface area contributed by atoms with Crippen molar-refractivity contribution >= 4 is 28.2 Å². The molecule has 3 aromatic rings. The molecule has 140 valence electrons. The van der Waals surface area contributed by atoms with E-state index in [0.717, 1.165) is 40.3 Å². The van der Waals surface area contributed by atoms with E-state index in [0.29, 0.717) is 11.6 Å². The lowest BCUT2D eigenvalue weighted by atomic mass is 10.1. The Labute approximate surface area is 161 Å². The average molecular weight is 383 g/mol. The molecule has 5 rings (SSSR count). The molecule has 27 heavy (non-hydrogen) atoms. The number of nitrogens with zero attached hydrogens (tertiary/aromatic N) is 2. The lowest BCUT2D eigenvalue weighted by molar-refractivity contribution is -0.0502. The predicted molar refractivity (Wildman–Crippen MR) is 104 cm³/mol. The Morgan fingerprint density at radius 1 is 1.44 bits per heavy atom. The van der Waals surface area contributed by atoms with Crippen LogP contribution in [0.3, 0.4) is 0 Å². The second kappa shape index (κ2) is 6.74. The second-order valence-electron chi connectivity index (χ2n) is 7.14. The normalized spacial score (nSPS) is 22.9. The molecule has 0 bridgehead atoms. The summed E-state index contributed by atoms with van der Waals surface area (Å²) in [5.41, 5.74) is 3.42. The van der Waals surface area contributed by atoms with Crippen molar-refractivity contribution in [2.75, 3.05) is 26.8 Å². The highest BCUT2D eigenvalue weighted by Gasteiger charge is 2.34. The Bertz CT molecular complexity index is 995. The summed E-state index contributed by atoms with van der Waals surface area (Å²) < 4.78 is 10.9. The Morgan fingerprint density at radius 2 is 2.37 bits per heavy atom. The number of carbonyl (C=O) groups is 1. The fraction of sp³-hybridized carbons (Fsp3) is 0.400. The molecule has 0 amide bonds. The number of nitrogens with one attached hydrogen (secondary N) is 1. The number of aromatic amines is 1. The number of rotatable bonds is 3. The Balaban J connectivity index is 1.45. The van der Waals surface area contributed by atoms with Crippen LogP contribution in [0.2, 0.25) is 0 Å². The van der Waals surface area contributed by atoms with Gasteiger partial charge in [0.15, 0.2) is 0 Å². The van der Waals surface area contributed by atoms with E-state index in [1.54, 1.807) is 17.4 Å². The van der Waals surface area contributed by atoms with Crippen molar-refractivity contribution < 1.29 is 14.3 Å². The summed E-state index contributed by atoms with van der Waals surface area (Å²) >= 11 is 1.64. The van der Waals surface area contributed by atoms with Crippen molar-refractivity contribution in [3.8, 4) is 11.3 Å². The third kappa shape index (κ3) is 2.96. The Kier molecular flexibility index (Phi) is 4.22. The van der Waals surface area contributed by atoms with Gasteiger partial charge in [-0.2, -0.15) is 0 Å². The van der Waals surface area contributed by atoms with Crippen LogP contribution in [0.5, 0.6) is 0 Å². The molecule has 1 aromatic carbocycles. The number of fused-ring (bicyclic) bond motifs is 2. The maximum Gasteiger partial charge on any atom is 0.337 e. The number of ether oxygens (including phenoxy) is 2. The van der Waals surface area contributed by atoms with E-state index in [4.69, 9.17) is 14.5 Å². The van der Waals surface area contributed by atoms with Gasteiger partial charge < -0.3 is 14.5 Å². The highest BCUT2D eigenvalue weighted by molar-refractivity contribution is 7.10. The summed E-state index contributed by atoms with van der Waals surface area (Å²) in [7, 11) is 1.40. The summed E-state index contributed by atoms with van der Waals surface area (Å²) in [6.07, 6.45) is 4.51. The molecule has 4 heterocycles. The maximum atomic E-state index is 11.9. The largest absolute Gasteiger partial charge is 0.465 e. The van der Waals surface area contributed by atoms with Gasteiger partial charge in [-0.15, -0.1) is 11.3 Å². The van der Waals surface area contributed by atoms with Gasteiger partial charge in [-0.3, -0.25) is 4.90 Å². The van der Waals surface area contributed by atoms with Crippen LogP contribution in [0, 0.1) is 0 Å². The minimum absolute atomic E-state index is 0.0499. The van der Waals surface area contributed by atoms with E-state index in [-0.39, 0.29) is 12.1 Å². The first kappa shape index (κ1) is 16.9. The number of aromatic nitrogens is 2. The van der Waals surface area contributed by atoms with Crippen LogP contribution in [0.4, 0.5) is 0 Å². The maximum absolute atomic E-state index is 11.9. The van der Waals surface area contributed by atoms with E-state index in [9.17, 15) is 4.79 Å². The van der Waals surface area contributed by atoms with E-state index >= 15 is 0 Å². The first-order chi connectivity index (χ1) is 13.2. The van der Waals surface area contributed by atoms with Gasteiger partial charge in [0.05, 0.1) is 25.0 Å². The average Bonchev–Trinajstić information content (AvgIpc) is 3.44. The molecule has 0 aliphatic carbocycles. The Morgan fingerprint density at radius 3 is 3.26 bits per heavy atom. The van der Waals surface area contributed by atoms with Crippen LogP contribution in [0.1, 0.15) is 34.3 Å². The molecular weight excluding hydrogens is 362 g/mol. The number of H-pyrrole nitrogens is 1. The SMILES string of the molecule is COC(=O)c1ccc2[nH]cc(-c3csc(C4CN5CCCC5CO4)n3)c2c1. The summed E-state index contributed by atoms with van der Waals surface area (Å²) in [5, 5.41) is 4.06. The number of hydrogen-bond acceptors (Lipinski definition) is 6. The molecule has 2 atom stereocenters. The lowest BCUT2D eigenvalue weighted by Gasteiger charge is -2.34. The minimum Gasteiger partial charge on any atom is -0.465 e. The zero-order chi connectivity index (χ0) is 18.4. The van der Waals surface area contributed by atoms with E-state index in [2.05, 4.69) is 15.3 Å². The van der Waals surface area contributed by atoms with Gasteiger partial charge in [-0.05, 0) is 37.6 Å². The number of morpholine rings is 1. The smallest absolute Gasteiger partial charge is 0.337 e. The van der Waals surface area contributed by atoms with Crippen molar-refractivity contribution in [3.63, 3.8) is 0 Å². The highest BCUT2D eigenvalue weighted by Crippen LogP contribution is 2.35.